The first-order chi connectivity index (χ1) is 21.8. The standard InChI is InChI=1S/C32H37ClN8O4S/c1-18-15-22(19(2)36-26-9-10-27(33)37-29(26)30(42)39-46(5,44)45)28-23(16-18)31(43)40(4)32(38-28)41-13-11-20(12-14-41)21-7-6-8-25(35-3)24(21)17-34/h6-10,15-17,19-20,34-36H,11-14H2,1-5H3,(H,39,42)/t19-/m1/s1. The van der Waals surface area contributed by atoms with Crippen LogP contribution in [-0.2, 0) is 17.1 Å². The molecule has 1 aliphatic heterocycles. The molecule has 1 saturated heterocycles. The van der Waals surface area contributed by atoms with Gasteiger partial charge in [-0.1, -0.05) is 29.8 Å². The highest BCUT2D eigenvalue weighted by Gasteiger charge is 2.27. The molecule has 1 atom stereocenters. The van der Waals surface area contributed by atoms with Crippen molar-refractivity contribution in [2.45, 2.75) is 38.6 Å². The second-order valence-electron chi connectivity index (χ2n) is 11.6. The number of pyridine rings is 1. The Bertz CT molecular complexity index is 2010. The second-order valence-corrected chi connectivity index (χ2v) is 13.7. The molecule has 0 bridgehead atoms. The SMILES string of the molecule is CNc1cccc(C2CCN(c3nc4c([C@@H](C)Nc5ccc(Cl)nc5C(=O)NS(C)(=O)=O)cc(C)cc4c(=O)n3C)CC2)c1C=N. The van der Waals surface area contributed by atoms with Crippen molar-refractivity contribution in [2.75, 3.05) is 41.9 Å². The number of carbonyl (C=O) groups excluding carboxylic acids is 1. The molecule has 5 rings (SSSR count). The van der Waals surface area contributed by atoms with Crippen LogP contribution in [0.4, 0.5) is 17.3 Å². The minimum atomic E-state index is -3.84. The molecule has 0 aliphatic carbocycles. The molecule has 4 N–H and O–H groups in total. The largest absolute Gasteiger partial charge is 0.388 e. The van der Waals surface area contributed by atoms with Crippen LogP contribution in [0.25, 0.3) is 10.9 Å². The number of aromatic nitrogens is 3. The van der Waals surface area contributed by atoms with Gasteiger partial charge in [-0.15, -0.1) is 0 Å². The molecule has 242 valence electrons. The van der Waals surface area contributed by atoms with Gasteiger partial charge in [0.1, 0.15) is 5.15 Å². The van der Waals surface area contributed by atoms with Gasteiger partial charge >= 0.3 is 0 Å². The lowest BCUT2D eigenvalue weighted by Crippen LogP contribution is -2.38. The summed E-state index contributed by atoms with van der Waals surface area (Å²) in [5.74, 6) is -0.0917. The van der Waals surface area contributed by atoms with Crippen LogP contribution in [0.5, 0.6) is 0 Å². The van der Waals surface area contributed by atoms with E-state index in [1.54, 1.807) is 17.7 Å². The molecule has 0 unspecified atom stereocenters. The number of benzene rings is 2. The van der Waals surface area contributed by atoms with Gasteiger partial charge in [0.2, 0.25) is 16.0 Å². The number of nitrogens with one attached hydrogen (secondary N) is 4. The minimum absolute atomic E-state index is 0.0280. The van der Waals surface area contributed by atoms with Gasteiger partial charge in [0.05, 0.1) is 28.9 Å². The zero-order valence-corrected chi connectivity index (χ0v) is 27.9. The van der Waals surface area contributed by atoms with Gasteiger partial charge in [-0.05, 0) is 68.0 Å². The Morgan fingerprint density at radius 1 is 1.13 bits per heavy atom. The average molecular weight is 665 g/mol. The van der Waals surface area contributed by atoms with Gasteiger partial charge in [0.15, 0.2) is 5.69 Å². The van der Waals surface area contributed by atoms with Crippen molar-refractivity contribution in [2.24, 2.45) is 7.05 Å². The van der Waals surface area contributed by atoms with Gasteiger partial charge < -0.3 is 20.9 Å². The van der Waals surface area contributed by atoms with Gasteiger partial charge in [0.25, 0.3) is 11.5 Å². The number of fused-ring (bicyclic) bond motifs is 1. The molecular weight excluding hydrogens is 628 g/mol. The van der Waals surface area contributed by atoms with Gasteiger partial charge in [-0.25, -0.2) is 23.1 Å². The highest BCUT2D eigenvalue weighted by atomic mass is 35.5. The number of sulfonamides is 1. The summed E-state index contributed by atoms with van der Waals surface area (Å²) in [5.41, 5.74) is 5.00. The Morgan fingerprint density at radius 3 is 2.50 bits per heavy atom. The van der Waals surface area contributed by atoms with Crippen LogP contribution in [0.1, 0.15) is 64.5 Å². The van der Waals surface area contributed by atoms with E-state index in [0.717, 1.165) is 47.0 Å². The fourth-order valence-corrected chi connectivity index (χ4v) is 6.70. The summed E-state index contributed by atoms with van der Waals surface area (Å²) < 4.78 is 27.0. The summed E-state index contributed by atoms with van der Waals surface area (Å²) in [7, 11) is -0.255. The highest BCUT2D eigenvalue weighted by molar-refractivity contribution is 7.89. The molecule has 12 nitrogen and oxygen atoms in total. The summed E-state index contributed by atoms with van der Waals surface area (Å²) in [6, 6.07) is 12.4. The van der Waals surface area contributed by atoms with Crippen LogP contribution >= 0.6 is 11.6 Å². The number of carbonyl (C=O) groups is 1. The smallest absolute Gasteiger partial charge is 0.285 e. The summed E-state index contributed by atoms with van der Waals surface area (Å²) in [6.45, 7) is 5.13. The lowest BCUT2D eigenvalue weighted by Gasteiger charge is -2.34. The van der Waals surface area contributed by atoms with E-state index in [4.69, 9.17) is 22.0 Å². The average Bonchev–Trinajstić information content (AvgIpc) is 3.02. The molecule has 4 aromatic rings. The van der Waals surface area contributed by atoms with Crippen LogP contribution in [0, 0.1) is 12.3 Å². The molecule has 2 aromatic heterocycles. The number of hydrogen-bond donors (Lipinski definition) is 4. The molecule has 2 aromatic carbocycles. The number of hydrogen-bond acceptors (Lipinski definition) is 10. The van der Waals surface area contributed by atoms with Crippen LogP contribution in [0.2, 0.25) is 5.15 Å². The molecule has 46 heavy (non-hydrogen) atoms. The van der Waals surface area contributed by atoms with E-state index in [1.807, 2.05) is 49.9 Å². The van der Waals surface area contributed by atoms with Crippen molar-refractivity contribution >= 4 is 62.0 Å². The number of piperidine rings is 1. The summed E-state index contributed by atoms with van der Waals surface area (Å²) in [4.78, 5) is 37.8. The molecule has 3 heterocycles. The van der Waals surface area contributed by atoms with E-state index in [9.17, 15) is 18.0 Å². The van der Waals surface area contributed by atoms with Crippen LogP contribution in [-0.4, -0.2) is 61.5 Å². The fourth-order valence-electron chi connectivity index (χ4n) is 6.12. The van der Waals surface area contributed by atoms with Crippen molar-refractivity contribution in [3.05, 3.63) is 85.9 Å². The number of amides is 1. The lowest BCUT2D eigenvalue weighted by atomic mass is 9.86. The Hall–Kier alpha value is -4.49. The number of nitrogens with zero attached hydrogens (tertiary/aromatic N) is 4. The third kappa shape index (κ3) is 6.70. The molecule has 0 radical (unpaired) electrons. The third-order valence-corrected chi connectivity index (χ3v) is 9.06. The van der Waals surface area contributed by atoms with E-state index < -0.39 is 22.0 Å². The molecule has 1 fully saturated rings. The first-order valence-corrected chi connectivity index (χ1v) is 17.1. The maximum Gasteiger partial charge on any atom is 0.285 e. The number of aryl methyl sites for hydroxylation is 1. The summed E-state index contributed by atoms with van der Waals surface area (Å²) >= 11 is 6.05. The number of halogens is 1. The van der Waals surface area contributed by atoms with Gasteiger partial charge in [0, 0.05) is 50.2 Å². The predicted molar refractivity (Wildman–Crippen MR) is 183 cm³/mol. The van der Waals surface area contributed by atoms with E-state index >= 15 is 0 Å². The second kappa shape index (κ2) is 13.1. The molecule has 1 aliphatic rings. The van der Waals surface area contributed by atoms with Gasteiger partial charge in [-0.2, -0.15) is 0 Å². The molecule has 14 heteroatoms. The third-order valence-electron chi connectivity index (χ3n) is 8.29. The Morgan fingerprint density at radius 2 is 1.85 bits per heavy atom. The quantitative estimate of drug-likeness (QED) is 0.148. The maximum absolute atomic E-state index is 13.7. The first kappa shape index (κ1) is 32.9. The van der Waals surface area contributed by atoms with Crippen molar-refractivity contribution in [1.82, 2.24) is 19.3 Å². The fraction of sp³-hybridized carbons (Fsp3) is 0.344. The lowest BCUT2D eigenvalue weighted by molar-refractivity contribution is 0.0977. The molecule has 0 saturated carbocycles. The molecule has 1 amide bonds. The Balaban J connectivity index is 1.48. The highest BCUT2D eigenvalue weighted by Crippen LogP contribution is 2.35. The zero-order valence-electron chi connectivity index (χ0n) is 26.3. The number of rotatable bonds is 9. The Kier molecular flexibility index (Phi) is 9.36. The molecule has 0 spiro atoms. The van der Waals surface area contributed by atoms with E-state index in [0.29, 0.717) is 29.9 Å². The monoisotopic (exact) mass is 664 g/mol. The molecular formula is C32H37ClN8O4S. The van der Waals surface area contributed by atoms with Crippen LogP contribution < -0.4 is 25.8 Å². The minimum Gasteiger partial charge on any atom is -0.388 e. The van der Waals surface area contributed by atoms with Gasteiger partial charge in [-0.3, -0.25) is 14.2 Å². The van der Waals surface area contributed by atoms with Crippen molar-refractivity contribution in [1.29, 1.82) is 5.41 Å². The summed E-state index contributed by atoms with van der Waals surface area (Å²) in [6.07, 6.45) is 3.96. The van der Waals surface area contributed by atoms with Crippen molar-refractivity contribution in [3.63, 3.8) is 0 Å². The zero-order chi connectivity index (χ0) is 33.3. The topological polar surface area (TPSA) is 162 Å². The first-order valence-electron chi connectivity index (χ1n) is 14.8. The van der Waals surface area contributed by atoms with E-state index in [1.165, 1.54) is 12.3 Å². The van der Waals surface area contributed by atoms with Crippen molar-refractivity contribution < 1.29 is 13.2 Å². The van der Waals surface area contributed by atoms with Crippen LogP contribution in [0.15, 0.2) is 47.3 Å². The maximum atomic E-state index is 13.7. The normalized spacial score (nSPS) is 14.6. The number of anilines is 3. The Labute approximate surface area is 272 Å². The van der Waals surface area contributed by atoms with Crippen molar-refractivity contribution in [3.8, 4) is 0 Å². The van der Waals surface area contributed by atoms with Crippen LogP contribution in [0.3, 0.4) is 0 Å². The summed E-state index contributed by atoms with van der Waals surface area (Å²) in [5, 5.41) is 14.9. The predicted octanol–water partition coefficient (Wildman–Crippen LogP) is 4.58. The van der Waals surface area contributed by atoms with E-state index in [-0.39, 0.29) is 28.0 Å². The van der Waals surface area contributed by atoms with E-state index in [2.05, 4.69) is 26.6 Å².